The summed E-state index contributed by atoms with van der Waals surface area (Å²) in [5.74, 6) is -0.672. The van der Waals surface area contributed by atoms with E-state index in [4.69, 9.17) is 39.5 Å². The zero-order chi connectivity index (χ0) is 18.6. The highest BCUT2D eigenvalue weighted by atomic mass is 35.5. The van der Waals surface area contributed by atoms with Gasteiger partial charge in [0.25, 0.3) is 5.91 Å². The van der Waals surface area contributed by atoms with Gasteiger partial charge in [-0.2, -0.15) is 0 Å². The molecule has 0 aliphatic carbocycles. The second kappa shape index (κ2) is 8.43. The molecule has 0 aliphatic rings. The van der Waals surface area contributed by atoms with Gasteiger partial charge in [0.05, 0.1) is 34.3 Å². The van der Waals surface area contributed by atoms with Gasteiger partial charge in [0.2, 0.25) is 0 Å². The number of carbonyl (C=O) groups is 2. The van der Waals surface area contributed by atoms with Crippen LogP contribution in [0.2, 0.25) is 15.1 Å². The largest absolute Gasteiger partial charge is 0.491 e. The van der Waals surface area contributed by atoms with Crippen molar-refractivity contribution in [1.82, 2.24) is 0 Å². The third-order valence-corrected chi connectivity index (χ3v) is 4.06. The van der Waals surface area contributed by atoms with E-state index in [0.717, 1.165) is 0 Å². The van der Waals surface area contributed by atoms with Crippen molar-refractivity contribution in [3.8, 4) is 5.75 Å². The topological polar surface area (TPSA) is 64.6 Å². The fourth-order valence-electron chi connectivity index (χ4n) is 2.04. The third-order valence-electron chi connectivity index (χ3n) is 3.18. The van der Waals surface area contributed by atoms with Gasteiger partial charge in [-0.25, -0.2) is 4.79 Å². The Morgan fingerprint density at radius 1 is 1.04 bits per heavy atom. The van der Waals surface area contributed by atoms with Crippen molar-refractivity contribution >= 4 is 52.4 Å². The number of hydrogen-bond donors (Lipinski definition) is 1. The summed E-state index contributed by atoms with van der Waals surface area (Å²) in [5, 5.41) is 3.28. The van der Waals surface area contributed by atoms with Crippen molar-refractivity contribution in [3.05, 3.63) is 56.5 Å². The maximum absolute atomic E-state index is 12.4. The normalized spacial score (nSPS) is 10.3. The number of carbonyl (C=O) groups excluding carboxylic acids is 2. The molecule has 0 saturated carbocycles. The highest BCUT2D eigenvalue weighted by molar-refractivity contribution is 6.38. The Bertz CT molecular complexity index is 801. The molecule has 0 fully saturated rings. The van der Waals surface area contributed by atoms with Crippen molar-refractivity contribution in [2.24, 2.45) is 0 Å². The van der Waals surface area contributed by atoms with Gasteiger partial charge in [0, 0.05) is 11.3 Å². The third kappa shape index (κ3) is 4.57. The Balaban J connectivity index is 2.22. The molecule has 0 bridgehead atoms. The number of benzene rings is 2. The molecule has 1 amide bonds. The summed E-state index contributed by atoms with van der Waals surface area (Å²) < 4.78 is 9.94. The van der Waals surface area contributed by atoms with E-state index in [1.54, 1.807) is 6.92 Å². The number of esters is 1. The van der Waals surface area contributed by atoms with E-state index in [1.165, 1.54) is 37.4 Å². The van der Waals surface area contributed by atoms with Crippen molar-refractivity contribution in [3.63, 3.8) is 0 Å². The quantitative estimate of drug-likeness (QED) is 0.708. The van der Waals surface area contributed by atoms with Crippen LogP contribution in [0.4, 0.5) is 5.69 Å². The summed E-state index contributed by atoms with van der Waals surface area (Å²) in [7, 11) is 1.26. The first-order valence-corrected chi connectivity index (χ1v) is 8.31. The van der Waals surface area contributed by atoms with Crippen LogP contribution in [0, 0.1) is 0 Å². The lowest BCUT2D eigenvalue weighted by molar-refractivity contribution is 0.0601. The van der Waals surface area contributed by atoms with Crippen LogP contribution in [0.5, 0.6) is 5.75 Å². The zero-order valence-electron chi connectivity index (χ0n) is 13.4. The predicted molar refractivity (Wildman–Crippen MR) is 98.4 cm³/mol. The molecule has 1 N–H and O–H groups in total. The Morgan fingerprint density at radius 2 is 1.68 bits per heavy atom. The molecule has 2 aromatic carbocycles. The Hall–Kier alpha value is -1.95. The van der Waals surface area contributed by atoms with E-state index in [0.29, 0.717) is 18.0 Å². The smallest absolute Gasteiger partial charge is 0.339 e. The zero-order valence-corrected chi connectivity index (χ0v) is 15.6. The van der Waals surface area contributed by atoms with Crippen molar-refractivity contribution in [2.45, 2.75) is 6.92 Å². The summed E-state index contributed by atoms with van der Waals surface area (Å²) in [5.41, 5.74) is 0.865. The van der Waals surface area contributed by atoms with E-state index in [2.05, 4.69) is 10.1 Å². The average molecular weight is 403 g/mol. The second-order valence-corrected chi connectivity index (χ2v) is 6.06. The number of methoxy groups -OCH3 is 1. The average Bonchev–Trinajstić information content (AvgIpc) is 2.57. The van der Waals surface area contributed by atoms with Crippen LogP contribution in [0.1, 0.15) is 27.6 Å². The van der Waals surface area contributed by atoms with Gasteiger partial charge < -0.3 is 14.8 Å². The van der Waals surface area contributed by atoms with Gasteiger partial charge in [0.15, 0.2) is 5.75 Å². The lowest BCUT2D eigenvalue weighted by Crippen LogP contribution is -2.12. The maximum atomic E-state index is 12.4. The molecule has 0 aromatic heterocycles. The van der Waals surface area contributed by atoms with E-state index in [1.807, 2.05) is 0 Å². The fraction of sp³-hybridized carbons (Fsp3) is 0.176. The fourth-order valence-corrected chi connectivity index (χ4v) is 2.90. The molecule has 0 atom stereocenters. The number of anilines is 1. The first-order chi connectivity index (χ1) is 11.9. The summed E-state index contributed by atoms with van der Waals surface area (Å²) in [6.07, 6.45) is 0. The van der Waals surface area contributed by atoms with Crippen LogP contribution in [-0.2, 0) is 4.74 Å². The van der Waals surface area contributed by atoms with Crippen LogP contribution < -0.4 is 10.1 Å². The molecule has 2 rings (SSSR count). The molecule has 25 heavy (non-hydrogen) atoms. The lowest BCUT2D eigenvalue weighted by atomic mass is 10.1. The molecule has 0 heterocycles. The molecule has 0 unspecified atom stereocenters. The lowest BCUT2D eigenvalue weighted by Gasteiger charge is -2.11. The summed E-state index contributed by atoms with van der Waals surface area (Å²) in [6, 6.07) is 7.36. The standard InChI is InChI=1S/C17H14Cl3NO4/c1-3-25-15-13(19)6-9(7-14(15)20)16(22)21-10-4-5-11(12(18)8-10)17(23)24-2/h4-8H,3H2,1-2H3,(H,21,22). The van der Waals surface area contributed by atoms with Crippen LogP contribution in [0.3, 0.4) is 0 Å². The van der Waals surface area contributed by atoms with Crippen LogP contribution in [-0.4, -0.2) is 25.6 Å². The van der Waals surface area contributed by atoms with E-state index in [9.17, 15) is 9.59 Å². The molecule has 0 aliphatic heterocycles. The SMILES string of the molecule is CCOc1c(Cl)cc(C(=O)Nc2ccc(C(=O)OC)c(Cl)c2)cc1Cl. The highest BCUT2D eigenvalue weighted by Crippen LogP contribution is 2.34. The molecule has 2 aromatic rings. The van der Waals surface area contributed by atoms with E-state index in [-0.39, 0.29) is 26.2 Å². The summed E-state index contributed by atoms with van der Waals surface area (Å²) in [4.78, 5) is 23.9. The molecular formula is C17H14Cl3NO4. The highest BCUT2D eigenvalue weighted by Gasteiger charge is 2.16. The van der Waals surface area contributed by atoms with Crippen LogP contribution in [0.25, 0.3) is 0 Å². The van der Waals surface area contributed by atoms with E-state index < -0.39 is 11.9 Å². The van der Waals surface area contributed by atoms with Crippen LogP contribution >= 0.6 is 34.8 Å². The number of nitrogens with one attached hydrogen (secondary N) is 1. The Labute approximate surface area is 159 Å². The predicted octanol–water partition coefficient (Wildman–Crippen LogP) is 5.08. The number of ether oxygens (including phenoxy) is 2. The summed E-state index contributed by atoms with van der Waals surface area (Å²) >= 11 is 18.2. The Morgan fingerprint density at radius 3 is 2.20 bits per heavy atom. The van der Waals surface area contributed by atoms with Crippen molar-refractivity contribution in [1.29, 1.82) is 0 Å². The number of halogens is 3. The first-order valence-electron chi connectivity index (χ1n) is 7.18. The Kier molecular flexibility index (Phi) is 6.53. The first kappa shape index (κ1) is 19.4. The number of hydrogen-bond acceptors (Lipinski definition) is 4. The molecule has 0 spiro atoms. The molecule has 0 radical (unpaired) electrons. The van der Waals surface area contributed by atoms with Gasteiger partial charge in [-0.1, -0.05) is 34.8 Å². The van der Waals surface area contributed by atoms with Crippen LogP contribution in [0.15, 0.2) is 30.3 Å². The minimum absolute atomic E-state index is 0.160. The molecule has 132 valence electrons. The minimum atomic E-state index is -0.562. The van der Waals surface area contributed by atoms with Gasteiger partial charge in [-0.3, -0.25) is 4.79 Å². The van der Waals surface area contributed by atoms with Crippen molar-refractivity contribution in [2.75, 3.05) is 19.0 Å². The molecule has 5 nitrogen and oxygen atoms in total. The van der Waals surface area contributed by atoms with Gasteiger partial charge >= 0.3 is 5.97 Å². The number of amides is 1. The number of rotatable bonds is 5. The van der Waals surface area contributed by atoms with E-state index >= 15 is 0 Å². The summed E-state index contributed by atoms with van der Waals surface area (Å²) in [6.45, 7) is 2.20. The molecule has 0 saturated heterocycles. The maximum Gasteiger partial charge on any atom is 0.339 e. The second-order valence-electron chi connectivity index (χ2n) is 4.84. The van der Waals surface area contributed by atoms with Gasteiger partial charge in [-0.05, 0) is 37.3 Å². The van der Waals surface area contributed by atoms with Gasteiger partial charge in [0.1, 0.15) is 0 Å². The molecule has 8 heteroatoms. The molecular weight excluding hydrogens is 389 g/mol. The van der Waals surface area contributed by atoms with Crippen molar-refractivity contribution < 1.29 is 19.1 Å². The monoisotopic (exact) mass is 401 g/mol. The van der Waals surface area contributed by atoms with Gasteiger partial charge in [-0.15, -0.1) is 0 Å². The minimum Gasteiger partial charge on any atom is -0.491 e.